The summed E-state index contributed by atoms with van der Waals surface area (Å²) >= 11 is 7.55. The van der Waals surface area contributed by atoms with Crippen molar-refractivity contribution in [2.24, 2.45) is 12.0 Å². The van der Waals surface area contributed by atoms with E-state index in [-0.39, 0.29) is 29.9 Å². The predicted octanol–water partition coefficient (Wildman–Crippen LogP) is 2.61. The van der Waals surface area contributed by atoms with Crippen LogP contribution in [0.25, 0.3) is 0 Å². The van der Waals surface area contributed by atoms with E-state index in [1.165, 1.54) is 4.88 Å². The highest BCUT2D eigenvalue weighted by Crippen LogP contribution is 2.21. The number of nitrogens with zero attached hydrogens (tertiary/aromatic N) is 5. The van der Waals surface area contributed by atoms with E-state index in [4.69, 9.17) is 11.6 Å². The quantitative estimate of drug-likeness (QED) is 0.373. The minimum Gasteiger partial charge on any atom is -0.357 e. The van der Waals surface area contributed by atoms with Gasteiger partial charge in [0.2, 0.25) is 5.91 Å². The van der Waals surface area contributed by atoms with Crippen LogP contribution >= 0.6 is 46.9 Å². The Hall–Kier alpha value is -1.33. The average Bonchev–Trinajstić information content (AvgIpc) is 3.22. The molecule has 2 aromatic heterocycles. The van der Waals surface area contributed by atoms with E-state index in [9.17, 15) is 4.79 Å². The first-order valence-electron chi connectivity index (χ1n) is 8.63. The van der Waals surface area contributed by atoms with Crippen molar-refractivity contribution in [1.29, 1.82) is 0 Å². The summed E-state index contributed by atoms with van der Waals surface area (Å²) < 4.78 is 2.50. The van der Waals surface area contributed by atoms with Crippen LogP contribution in [0.1, 0.15) is 11.8 Å². The molecule has 0 spiro atoms. The van der Waals surface area contributed by atoms with Gasteiger partial charge in [-0.3, -0.25) is 14.5 Å². The molecule has 0 unspecified atom stereocenters. The number of nitrogens with one attached hydrogen (secondary N) is 1. The Bertz CT molecular complexity index is 792. The first kappa shape index (κ1) is 22.0. The van der Waals surface area contributed by atoms with Gasteiger partial charge in [0, 0.05) is 50.7 Å². The maximum absolute atomic E-state index is 12.6. The number of guanidine groups is 1. The van der Waals surface area contributed by atoms with Gasteiger partial charge in [-0.2, -0.15) is 5.10 Å². The van der Waals surface area contributed by atoms with Gasteiger partial charge in [0.05, 0.1) is 16.2 Å². The number of anilines is 1. The lowest BCUT2D eigenvalue weighted by molar-refractivity contribution is -0.120. The summed E-state index contributed by atoms with van der Waals surface area (Å²) in [7, 11) is 1.85. The summed E-state index contributed by atoms with van der Waals surface area (Å²) in [6, 6.07) is 3.94. The topological polar surface area (TPSA) is 65.8 Å². The molecular formula is C17H24ClIN6OS. The van der Waals surface area contributed by atoms with E-state index in [1.54, 1.807) is 27.1 Å². The number of aromatic nitrogens is 2. The van der Waals surface area contributed by atoms with Crippen LogP contribution in [-0.4, -0.2) is 59.3 Å². The molecule has 7 nitrogen and oxygen atoms in total. The monoisotopic (exact) mass is 522 g/mol. The molecule has 0 atom stereocenters. The lowest BCUT2D eigenvalue weighted by atomic mass is 10.3. The van der Waals surface area contributed by atoms with Crippen molar-refractivity contribution in [3.63, 3.8) is 0 Å². The molecule has 1 aliphatic rings. The molecule has 1 aliphatic heterocycles. The van der Waals surface area contributed by atoms with E-state index >= 15 is 0 Å². The van der Waals surface area contributed by atoms with Gasteiger partial charge < -0.3 is 15.1 Å². The third-order valence-corrected chi connectivity index (χ3v) is 5.40. The zero-order chi connectivity index (χ0) is 18.5. The largest absolute Gasteiger partial charge is 0.357 e. The molecule has 10 heteroatoms. The molecule has 1 amide bonds. The number of amides is 1. The molecule has 3 heterocycles. The molecule has 27 heavy (non-hydrogen) atoms. The molecule has 2 aromatic rings. The van der Waals surface area contributed by atoms with E-state index in [1.807, 2.05) is 37.2 Å². The highest BCUT2D eigenvalue weighted by Gasteiger charge is 2.27. The second-order valence-electron chi connectivity index (χ2n) is 6.03. The second kappa shape index (κ2) is 10.3. The summed E-state index contributed by atoms with van der Waals surface area (Å²) in [4.78, 5) is 22.3. The normalized spacial score (nSPS) is 15.1. The van der Waals surface area contributed by atoms with Gasteiger partial charge in [0.25, 0.3) is 0 Å². The van der Waals surface area contributed by atoms with Crippen LogP contribution in [0.5, 0.6) is 0 Å². The maximum Gasteiger partial charge on any atom is 0.246 e. The number of carbonyl (C=O) groups is 1. The number of hydrogen-bond donors (Lipinski definition) is 1. The van der Waals surface area contributed by atoms with E-state index in [0.29, 0.717) is 19.6 Å². The average molecular weight is 523 g/mol. The van der Waals surface area contributed by atoms with Gasteiger partial charge >= 0.3 is 0 Å². The van der Waals surface area contributed by atoms with Crippen molar-refractivity contribution < 1.29 is 4.79 Å². The Morgan fingerprint density at radius 2 is 2.22 bits per heavy atom. The van der Waals surface area contributed by atoms with Gasteiger partial charge in [-0.25, -0.2) is 0 Å². The molecule has 0 radical (unpaired) electrons. The number of rotatable bonds is 5. The van der Waals surface area contributed by atoms with Crippen molar-refractivity contribution in [1.82, 2.24) is 20.0 Å². The van der Waals surface area contributed by atoms with Crippen molar-refractivity contribution >= 4 is 64.5 Å². The molecule has 1 N–H and O–H groups in total. The summed E-state index contributed by atoms with van der Waals surface area (Å²) in [5.74, 6) is 0.842. The summed E-state index contributed by atoms with van der Waals surface area (Å²) in [5, 5.41) is 7.43. The minimum atomic E-state index is 0. The first-order valence-corrected chi connectivity index (χ1v) is 9.82. The lowest BCUT2D eigenvalue weighted by Gasteiger charge is -2.35. The Balaban J connectivity index is 0.00000261. The van der Waals surface area contributed by atoms with Gasteiger partial charge in [-0.1, -0.05) is 11.6 Å². The molecule has 1 fully saturated rings. The zero-order valence-corrected chi connectivity index (χ0v) is 19.3. The smallest absolute Gasteiger partial charge is 0.246 e. The van der Waals surface area contributed by atoms with Crippen LogP contribution in [-0.2, 0) is 18.3 Å². The molecular weight excluding hydrogens is 499 g/mol. The van der Waals surface area contributed by atoms with E-state index in [2.05, 4.69) is 15.4 Å². The Morgan fingerprint density at radius 1 is 1.41 bits per heavy atom. The molecule has 0 saturated carbocycles. The Kier molecular flexibility index (Phi) is 8.36. The molecule has 0 aliphatic carbocycles. The standard InChI is InChI=1S/C17H23ClN6OS.HI/c1-3-19-17(20-7-6-14-4-5-15(18)26-14)23-8-9-24(16(25)12-23)13-10-21-22(2)11-13;/h4-5,10-11H,3,6-9,12H2,1-2H3,(H,19,20);1H. The highest BCUT2D eigenvalue weighted by molar-refractivity contribution is 14.0. The number of carbonyl (C=O) groups excluding carboxylic acids is 1. The number of aryl methyl sites for hydroxylation is 1. The Labute approximate surface area is 185 Å². The highest BCUT2D eigenvalue weighted by atomic mass is 127. The van der Waals surface area contributed by atoms with Gasteiger partial charge in [0.15, 0.2) is 5.96 Å². The summed E-state index contributed by atoms with van der Waals surface area (Å²) in [6.45, 7) is 5.12. The minimum absolute atomic E-state index is 0. The molecule has 0 aromatic carbocycles. The molecule has 1 saturated heterocycles. The van der Waals surface area contributed by atoms with Crippen molar-refractivity contribution in [3.8, 4) is 0 Å². The number of piperazine rings is 1. The van der Waals surface area contributed by atoms with Crippen molar-refractivity contribution in [2.45, 2.75) is 13.3 Å². The summed E-state index contributed by atoms with van der Waals surface area (Å²) in [6.07, 6.45) is 4.42. The van der Waals surface area contributed by atoms with Crippen LogP contribution < -0.4 is 10.2 Å². The van der Waals surface area contributed by atoms with Gasteiger partial charge in [0.1, 0.15) is 6.54 Å². The number of halogens is 2. The zero-order valence-electron chi connectivity index (χ0n) is 15.4. The van der Waals surface area contributed by atoms with Crippen LogP contribution in [0.2, 0.25) is 4.34 Å². The number of aliphatic imine (C=N–C) groups is 1. The van der Waals surface area contributed by atoms with Crippen LogP contribution in [0.4, 0.5) is 5.69 Å². The second-order valence-corrected chi connectivity index (χ2v) is 7.83. The van der Waals surface area contributed by atoms with Crippen molar-refractivity contribution in [3.05, 3.63) is 33.7 Å². The lowest BCUT2D eigenvalue weighted by Crippen LogP contribution is -2.55. The molecule has 3 rings (SSSR count). The first-order chi connectivity index (χ1) is 12.6. The van der Waals surface area contributed by atoms with Gasteiger partial charge in [-0.05, 0) is 19.1 Å². The molecule has 0 bridgehead atoms. The summed E-state index contributed by atoms with van der Waals surface area (Å²) in [5.41, 5.74) is 0.841. The number of thiophene rings is 1. The maximum atomic E-state index is 12.6. The van der Waals surface area contributed by atoms with Crippen molar-refractivity contribution in [2.75, 3.05) is 37.6 Å². The van der Waals surface area contributed by atoms with E-state index < -0.39 is 0 Å². The fraction of sp³-hybridized carbons (Fsp3) is 0.471. The van der Waals surface area contributed by atoms with Crippen LogP contribution in [0, 0.1) is 0 Å². The predicted molar refractivity (Wildman–Crippen MR) is 122 cm³/mol. The fourth-order valence-corrected chi connectivity index (χ4v) is 3.93. The Morgan fingerprint density at radius 3 is 2.81 bits per heavy atom. The fourth-order valence-electron chi connectivity index (χ4n) is 2.86. The van der Waals surface area contributed by atoms with Crippen LogP contribution in [0.3, 0.4) is 0 Å². The SMILES string of the molecule is CCNC(=NCCc1ccc(Cl)s1)N1CCN(c2cnn(C)c2)C(=O)C1.I. The van der Waals surface area contributed by atoms with Gasteiger partial charge in [-0.15, -0.1) is 35.3 Å². The van der Waals surface area contributed by atoms with Crippen LogP contribution in [0.15, 0.2) is 29.5 Å². The molecule has 148 valence electrons. The number of hydrogen-bond acceptors (Lipinski definition) is 4. The third kappa shape index (κ3) is 5.82. The third-order valence-electron chi connectivity index (χ3n) is 4.11. The van der Waals surface area contributed by atoms with E-state index in [0.717, 1.165) is 35.5 Å².